The number of anilines is 2. The zero-order chi connectivity index (χ0) is 38.3. The number of ketones is 1. The number of amides is 2. The van der Waals surface area contributed by atoms with E-state index in [0.717, 1.165) is 11.1 Å². The maximum Gasteiger partial charge on any atom is 0.282 e. The van der Waals surface area contributed by atoms with Gasteiger partial charge in [-0.15, -0.1) is 0 Å². The molecule has 268 valence electrons. The second-order valence-corrected chi connectivity index (χ2v) is 12.9. The van der Waals surface area contributed by atoms with Crippen LogP contribution in [-0.4, -0.2) is 29.3 Å². The number of amidine groups is 2. The molecule has 2 amide bonds. The van der Waals surface area contributed by atoms with Gasteiger partial charge in [0.05, 0.1) is 11.4 Å². The lowest BCUT2D eigenvalue weighted by molar-refractivity contribution is -0.114. The standard InChI is InChI=1S/C49H34N4O3/c54-45(37-24-10-3-11-25-37)40-32-33-43(52-46(38-26-12-4-13-27-38)50-41(48(52)55)30-16-22-35-18-6-1-7-19-35)44(34-40)53-47(39-28-14-5-15-29-39)51-42(49(53)56)31-17-23-36-20-8-2-9-21-36/h1-34H/b22-16+,23-17+,41-30-,42-31-. The Labute approximate surface area is 324 Å². The third-order valence-corrected chi connectivity index (χ3v) is 9.22. The molecule has 2 heterocycles. The van der Waals surface area contributed by atoms with Crippen molar-refractivity contribution >= 4 is 52.8 Å². The van der Waals surface area contributed by atoms with Crippen LogP contribution in [-0.2, 0) is 9.59 Å². The van der Waals surface area contributed by atoms with Gasteiger partial charge in [0.2, 0.25) is 0 Å². The quantitative estimate of drug-likeness (QED) is 0.104. The van der Waals surface area contributed by atoms with Gasteiger partial charge in [-0.25, -0.2) is 9.98 Å². The van der Waals surface area contributed by atoms with E-state index in [1.807, 2.05) is 140 Å². The molecule has 0 radical (unpaired) electrons. The maximum atomic E-state index is 14.7. The molecule has 0 atom stereocenters. The lowest BCUT2D eigenvalue weighted by atomic mass is 10.0. The minimum atomic E-state index is -0.418. The molecule has 0 spiro atoms. The van der Waals surface area contributed by atoms with E-state index in [0.29, 0.717) is 45.3 Å². The van der Waals surface area contributed by atoms with Crippen molar-refractivity contribution in [1.82, 2.24) is 0 Å². The van der Waals surface area contributed by atoms with Crippen LogP contribution >= 0.6 is 0 Å². The number of carbonyl (C=O) groups excluding carboxylic acids is 3. The summed E-state index contributed by atoms with van der Waals surface area (Å²) in [6.07, 6.45) is 10.7. The van der Waals surface area contributed by atoms with Crippen LogP contribution in [0.4, 0.5) is 11.4 Å². The van der Waals surface area contributed by atoms with Gasteiger partial charge < -0.3 is 0 Å². The molecule has 6 aromatic carbocycles. The lowest BCUT2D eigenvalue weighted by Gasteiger charge is -2.27. The highest BCUT2D eigenvalue weighted by molar-refractivity contribution is 6.37. The molecule has 56 heavy (non-hydrogen) atoms. The number of hydrogen-bond donors (Lipinski definition) is 0. The minimum absolute atomic E-state index is 0.193. The summed E-state index contributed by atoms with van der Waals surface area (Å²) in [5.41, 5.74) is 5.20. The first kappa shape index (κ1) is 35.3. The predicted molar refractivity (Wildman–Crippen MR) is 224 cm³/mol. The predicted octanol–water partition coefficient (Wildman–Crippen LogP) is 9.70. The summed E-state index contributed by atoms with van der Waals surface area (Å²) in [5, 5.41) is 0. The second kappa shape index (κ2) is 16.1. The fraction of sp³-hybridized carbons (Fsp3) is 0. The van der Waals surface area contributed by atoms with Gasteiger partial charge in [0.1, 0.15) is 23.1 Å². The summed E-state index contributed by atoms with van der Waals surface area (Å²) in [7, 11) is 0. The molecule has 2 aliphatic heterocycles. The molecule has 0 N–H and O–H groups in total. The van der Waals surface area contributed by atoms with E-state index in [1.54, 1.807) is 66.8 Å². The fourth-order valence-corrected chi connectivity index (χ4v) is 6.49. The van der Waals surface area contributed by atoms with Crippen LogP contribution < -0.4 is 9.80 Å². The number of hydrogen-bond acceptors (Lipinski definition) is 5. The second-order valence-electron chi connectivity index (χ2n) is 12.9. The normalized spacial score (nSPS) is 15.7. The van der Waals surface area contributed by atoms with Gasteiger partial charge in [-0.05, 0) is 41.5 Å². The van der Waals surface area contributed by atoms with E-state index in [-0.39, 0.29) is 17.2 Å². The Morgan fingerprint density at radius 3 is 1.32 bits per heavy atom. The molecule has 0 aliphatic carbocycles. The topological polar surface area (TPSA) is 82.4 Å². The largest absolute Gasteiger partial charge is 0.289 e. The van der Waals surface area contributed by atoms with Crippen LogP contribution in [0.1, 0.15) is 38.2 Å². The SMILES string of the molecule is O=C(c1ccccc1)c1ccc(N2C(=O)/C(=C/C=C/c3ccccc3)N=C2c2ccccc2)c(N2C(=O)/C(=C/C=C/c3ccccc3)N=C2c2ccccc2)c1. The Kier molecular flexibility index (Phi) is 10.1. The van der Waals surface area contributed by atoms with Gasteiger partial charge in [0, 0.05) is 22.3 Å². The van der Waals surface area contributed by atoms with Gasteiger partial charge in [-0.3, -0.25) is 24.2 Å². The fourth-order valence-electron chi connectivity index (χ4n) is 6.49. The molecule has 0 saturated carbocycles. The van der Waals surface area contributed by atoms with Crippen molar-refractivity contribution in [3.05, 3.63) is 239 Å². The number of carbonyl (C=O) groups is 3. The Morgan fingerprint density at radius 1 is 0.446 bits per heavy atom. The summed E-state index contributed by atoms with van der Waals surface area (Å²) < 4.78 is 0. The van der Waals surface area contributed by atoms with Crippen LogP contribution in [0.2, 0.25) is 0 Å². The van der Waals surface area contributed by atoms with Gasteiger partial charge in [-0.2, -0.15) is 0 Å². The van der Waals surface area contributed by atoms with Crippen molar-refractivity contribution < 1.29 is 14.4 Å². The first-order valence-electron chi connectivity index (χ1n) is 18.1. The van der Waals surface area contributed by atoms with E-state index in [1.165, 1.54) is 9.80 Å². The Bertz CT molecular complexity index is 2610. The Morgan fingerprint density at radius 2 is 0.857 bits per heavy atom. The monoisotopic (exact) mass is 726 g/mol. The Hall–Kier alpha value is -7.77. The number of rotatable bonds is 10. The highest BCUT2D eigenvalue weighted by Crippen LogP contribution is 2.39. The summed E-state index contributed by atoms with van der Waals surface area (Å²) >= 11 is 0. The molecule has 0 bridgehead atoms. The summed E-state index contributed by atoms with van der Waals surface area (Å²) in [6, 6.07) is 52.3. The van der Waals surface area contributed by atoms with E-state index in [4.69, 9.17) is 9.98 Å². The van der Waals surface area contributed by atoms with E-state index < -0.39 is 11.8 Å². The van der Waals surface area contributed by atoms with Crippen molar-refractivity contribution in [2.45, 2.75) is 0 Å². The van der Waals surface area contributed by atoms with Gasteiger partial charge >= 0.3 is 0 Å². The van der Waals surface area contributed by atoms with Gasteiger partial charge in [-0.1, -0.05) is 176 Å². The third kappa shape index (κ3) is 7.38. The van der Waals surface area contributed by atoms with Crippen molar-refractivity contribution in [2.24, 2.45) is 9.98 Å². The summed E-state index contributed by atoms with van der Waals surface area (Å²) in [5.74, 6) is -0.312. The van der Waals surface area contributed by atoms with E-state index in [2.05, 4.69) is 0 Å². The average Bonchev–Trinajstić information content (AvgIpc) is 3.77. The van der Waals surface area contributed by atoms with Crippen LogP contribution in [0.25, 0.3) is 12.2 Å². The maximum absolute atomic E-state index is 14.7. The molecular weight excluding hydrogens is 693 g/mol. The zero-order valence-corrected chi connectivity index (χ0v) is 30.1. The van der Waals surface area contributed by atoms with Crippen molar-refractivity contribution in [3.63, 3.8) is 0 Å². The number of allylic oxidation sites excluding steroid dienone is 4. The highest BCUT2D eigenvalue weighted by atomic mass is 16.2. The highest BCUT2D eigenvalue weighted by Gasteiger charge is 2.39. The number of nitrogens with zero attached hydrogens (tertiary/aromatic N) is 4. The summed E-state index contributed by atoms with van der Waals surface area (Å²) in [4.78, 5) is 56.0. The van der Waals surface area contributed by atoms with Crippen LogP contribution in [0.15, 0.2) is 216 Å². The van der Waals surface area contributed by atoms with Crippen LogP contribution in [0.3, 0.4) is 0 Å². The lowest BCUT2D eigenvalue weighted by Crippen LogP contribution is -2.38. The molecular formula is C49H34N4O3. The molecule has 6 aromatic rings. The third-order valence-electron chi connectivity index (χ3n) is 9.22. The van der Waals surface area contributed by atoms with Gasteiger partial charge in [0.15, 0.2) is 5.78 Å². The minimum Gasteiger partial charge on any atom is -0.289 e. The van der Waals surface area contributed by atoms with Gasteiger partial charge in [0.25, 0.3) is 11.8 Å². The van der Waals surface area contributed by atoms with E-state index in [9.17, 15) is 14.4 Å². The van der Waals surface area contributed by atoms with Crippen molar-refractivity contribution in [2.75, 3.05) is 9.80 Å². The molecule has 7 heteroatoms. The van der Waals surface area contributed by atoms with E-state index >= 15 is 0 Å². The van der Waals surface area contributed by atoms with Crippen molar-refractivity contribution in [1.29, 1.82) is 0 Å². The zero-order valence-electron chi connectivity index (χ0n) is 30.1. The molecule has 2 aliphatic rings. The smallest absolute Gasteiger partial charge is 0.282 e. The van der Waals surface area contributed by atoms with Crippen molar-refractivity contribution in [3.8, 4) is 0 Å². The molecule has 7 nitrogen and oxygen atoms in total. The first-order valence-corrected chi connectivity index (χ1v) is 18.1. The molecule has 8 rings (SSSR count). The summed E-state index contributed by atoms with van der Waals surface area (Å²) in [6.45, 7) is 0. The Balaban J connectivity index is 1.29. The molecule has 0 aromatic heterocycles. The number of aliphatic imine (C=N–C) groups is 2. The molecule has 0 unspecified atom stereocenters. The molecule has 0 fully saturated rings. The molecule has 0 saturated heterocycles. The first-order chi connectivity index (χ1) is 27.5. The van der Waals surface area contributed by atoms with Crippen LogP contribution in [0.5, 0.6) is 0 Å². The average molecular weight is 727 g/mol. The number of benzene rings is 6. The van der Waals surface area contributed by atoms with Crippen LogP contribution in [0, 0.1) is 0 Å².